The average molecular weight is 364 g/mol. The number of fused-ring (bicyclic) bond motifs is 1. The molecule has 2 aliphatic rings. The lowest BCUT2D eigenvalue weighted by Crippen LogP contribution is -2.34. The summed E-state index contributed by atoms with van der Waals surface area (Å²) in [5, 5.41) is 5.64. The highest BCUT2D eigenvalue weighted by molar-refractivity contribution is 7.89. The van der Waals surface area contributed by atoms with Crippen LogP contribution < -0.4 is 10.6 Å². The van der Waals surface area contributed by atoms with Gasteiger partial charge in [-0.1, -0.05) is 6.07 Å². The first kappa shape index (κ1) is 18.1. The van der Waals surface area contributed by atoms with Gasteiger partial charge in [0.25, 0.3) is 0 Å². The number of nitrogens with one attached hydrogen (secondary N) is 2. The van der Waals surface area contributed by atoms with Gasteiger partial charge in [0.05, 0.1) is 18.0 Å². The van der Waals surface area contributed by atoms with Crippen LogP contribution in [0.15, 0.2) is 12.1 Å². The van der Waals surface area contributed by atoms with Crippen molar-refractivity contribution >= 4 is 34.0 Å². The molecule has 0 atom stereocenters. The molecule has 2 aliphatic heterocycles. The van der Waals surface area contributed by atoms with E-state index in [4.69, 9.17) is 0 Å². The number of anilines is 1. The minimum absolute atomic E-state index is 0. The second-order valence-corrected chi connectivity index (χ2v) is 7.63. The highest BCUT2D eigenvalue weighted by atomic mass is 35.5. The van der Waals surface area contributed by atoms with Crippen LogP contribution in [0.1, 0.15) is 17.5 Å². The highest BCUT2D eigenvalue weighted by Crippen LogP contribution is 2.24. The van der Waals surface area contributed by atoms with Crippen molar-refractivity contribution in [2.24, 2.45) is 0 Å². The van der Waals surface area contributed by atoms with Gasteiger partial charge in [-0.15, -0.1) is 12.4 Å². The molecular formula is C14H19ClFN3O3S. The molecule has 1 fully saturated rings. The van der Waals surface area contributed by atoms with Crippen LogP contribution in [0, 0.1) is 5.82 Å². The van der Waals surface area contributed by atoms with Crippen molar-refractivity contribution in [1.82, 2.24) is 9.62 Å². The van der Waals surface area contributed by atoms with E-state index in [0.717, 1.165) is 9.87 Å². The Bertz CT molecular complexity index is 711. The molecule has 1 aromatic rings. The lowest BCUT2D eigenvalue weighted by molar-refractivity contribution is -0.116. The zero-order valence-corrected chi connectivity index (χ0v) is 14.1. The maximum absolute atomic E-state index is 14.4. The number of carbonyl (C=O) groups is 1. The first-order valence-corrected chi connectivity index (χ1v) is 8.87. The van der Waals surface area contributed by atoms with Gasteiger partial charge in [-0.05, 0) is 36.6 Å². The Labute approximate surface area is 140 Å². The number of sulfonamides is 1. The molecule has 6 nitrogen and oxygen atoms in total. The zero-order valence-electron chi connectivity index (χ0n) is 12.5. The van der Waals surface area contributed by atoms with Gasteiger partial charge in [-0.2, -0.15) is 4.31 Å². The fourth-order valence-corrected chi connectivity index (χ4v) is 4.32. The third-order valence-electron chi connectivity index (χ3n) is 4.00. The second-order valence-electron chi connectivity index (χ2n) is 5.54. The van der Waals surface area contributed by atoms with Gasteiger partial charge < -0.3 is 10.6 Å². The molecule has 0 aliphatic carbocycles. The van der Waals surface area contributed by atoms with E-state index in [1.807, 2.05) is 0 Å². The Morgan fingerprint density at radius 3 is 2.87 bits per heavy atom. The Hall–Kier alpha value is -1.22. The molecule has 0 aromatic heterocycles. The summed E-state index contributed by atoms with van der Waals surface area (Å²) >= 11 is 0. The van der Waals surface area contributed by atoms with Crippen molar-refractivity contribution in [1.29, 1.82) is 0 Å². The first-order valence-electron chi connectivity index (χ1n) is 7.26. The fourth-order valence-electron chi connectivity index (χ4n) is 2.85. The summed E-state index contributed by atoms with van der Waals surface area (Å²) in [4.78, 5) is 12.0. The molecule has 2 N–H and O–H groups in total. The van der Waals surface area contributed by atoms with Crippen LogP contribution in [-0.4, -0.2) is 44.0 Å². The van der Waals surface area contributed by atoms with Crippen molar-refractivity contribution in [2.45, 2.75) is 19.4 Å². The lowest BCUT2D eigenvalue weighted by Gasteiger charge is -2.20. The summed E-state index contributed by atoms with van der Waals surface area (Å²) in [7, 11) is -3.33. The number of benzene rings is 1. The molecule has 0 saturated carbocycles. The van der Waals surface area contributed by atoms with Crippen molar-refractivity contribution in [2.75, 3.05) is 30.7 Å². The van der Waals surface area contributed by atoms with Crippen LogP contribution in [0.4, 0.5) is 10.1 Å². The van der Waals surface area contributed by atoms with E-state index in [1.54, 1.807) is 6.07 Å². The molecule has 128 valence electrons. The summed E-state index contributed by atoms with van der Waals surface area (Å²) in [5.41, 5.74) is 1.62. The predicted molar refractivity (Wildman–Crippen MR) is 87.7 cm³/mol. The summed E-state index contributed by atoms with van der Waals surface area (Å²) in [6, 6.07) is 3.31. The first-order chi connectivity index (χ1) is 10.5. The minimum atomic E-state index is -3.33. The summed E-state index contributed by atoms with van der Waals surface area (Å²) in [6.45, 7) is 1.40. The second kappa shape index (κ2) is 7.12. The molecular weight excluding hydrogens is 345 g/mol. The van der Waals surface area contributed by atoms with E-state index < -0.39 is 21.7 Å². The number of hydrogen-bond acceptors (Lipinski definition) is 4. The van der Waals surface area contributed by atoms with Gasteiger partial charge in [0.1, 0.15) is 5.82 Å². The van der Waals surface area contributed by atoms with Crippen LogP contribution in [0.3, 0.4) is 0 Å². The van der Waals surface area contributed by atoms with E-state index in [9.17, 15) is 17.6 Å². The maximum Gasteiger partial charge on any atom is 0.239 e. The molecule has 23 heavy (non-hydrogen) atoms. The van der Waals surface area contributed by atoms with Crippen molar-refractivity contribution in [3.05, 3.63) is 29.1 Å². The van der Waals surface area contributed by atoms with Gasteiger partial charge in [0.2, 0.25) is 15.9 Å². The van der Waals surface area contributed by atoms with E-state index in [-0.39, 0.29) is 30.4 Å². The molecule has 3 rings (SSSR count). The third kappa shape index (κ3) is 3.82. The molecule has 1 aromatic carbocycles. The SMILES string of the molecule is Cl.O=C(CN1CCCS1(=O)=O)Nc1ccc2c(c1F)CCNC2. The zero-order chi connectivity index (χ0) is 15.7. The van der Waals surface area contributed by atoms with Gasteiger partial charge in [-0.3, -0.25) is 4.79 Å². The lowest BCUT2D eigenvalue weighted by atomic mass is 9.99. The molecule has 9 heteroatoms. The highest BCUT2D eigenvalue weighted by Gasteiger charge is 2.30. The van der Waals surface area contributed by atoms with Gasteiger partial charge in [0.15, 0.2) is 0 Å². The molecule has 1 amide bonds. The topological polar surface area (TPSA) is 78.5 Å². The number of rotatable bonds is 3. The van der Waals surface area contributed by atoms with Crippen LogP contribution >= 0.6 is 12.4 Å². The molecule has 0 unspecified atom stereocenters. The van der Waals surface area contributed by atoms with E-state index in [2.05, 4.69) is 10.6 Å². The fraction of sp³-hybridized carbons (Fsp3) is 0.500. The Morgan fingerprint density at radius 1 is 1.39 bits per heavy atom. The number of halogens is 2. The maximum atomic E-state index is 14.4. The van der Waals surface area contributed by atoms with Crippen molar-refractivity contribution < 1.29 is 17.6 Å². The van der Waals surface area contributed by atoms with Crippen molar-refractivity contribution in [3.8, 4) is 0 Å². The Morgan fingerprint density at radius 2 is 2.17 bits per heavy atom. The number of amides is 1. The monoisotopic (exact) mass is 363 g/mol. The summed E-state index contributed by atoms with van der Waals surface area (Å²) in [5.74, 6) is -0.865. The summed E-state index contributed by atoms with van der Waals surface area (Å²) < 4.78 is 38.9. The third-order valence-corrected chi connectivity index (χ3v) is 5.91. The smallest absolute Gasteiger partial charge is 0.239 e. The number of nitrogens with zero attached hydrogens (tertiary/aromatic N) is 1. The van der Waals surface area contributed by atoms with Gasteiger partial charge >= 0.3 is 0 Å². The van der Waals surface area contributed by atoms with E-state index >= 15 is 0 Å². The standard InChI is InChI=1S/C14H18FN3O3S.ClH/c15-14-11-4-5-16-8-10(11)2-3-12(14)17-13(19)9-18-6-1-7-22(18,20)21;/h2-3,16H,1,4-9H2,(H,17,19);1H. The molecule has 0 radical (unpaired) electrons. The Kier molecular flexibility index (Phi) is 5.61. The normalized spacial score (nSPS) is 19.7. The van der Waals surface area contributed by atoms with E-state index in [1.165, 1.54) is 6.07 Å². The van der Waals surface area contributed by atoms with Crippen LogP contribution in [0.25, 0.3) is 0 Å². The van der Waals surface area contributed by atoms with Crippen LogP contribution in [-0.2, 0) is 27.8 Å². The summed E-state index contributed by atoms with van der Waals surface area (Å²) in [6.07, 6.45) is 1.10. The van der Waals surface area contributed by atoms with Gasteiger partial charge in [0, 0.05) is 13.1 Å². The number of carbonyl (C=O) groups excluding carboxylic acids is 1. The molecule has 0 bridgehead atoms. The average Bonchev–Trinajstić information content (AvgIpc) is 2.81. The van der Waals surface area contributed by atoms with Crippen LogP contribution in [0.5, 0.6) is 0 Å². The molecule has 1 saturated heterocycles. The van der Waals surface area contributed by atoms with Crippen LogP contribution in [0.2, 0.25) is 0 Å². The quantitative estimate of drug-likeness (QED) is 0.835. The minimum Gasteiger partial charge on any atom is -0.322 e. The van der Waals surface area contributed by atoms with Crippen molar-refractivity contribution in [3.63, 3.8) is 0 Å². The predicted octanol–water partition coefficient (Wildman–Crippen LogP) is 0.867. The molecule has 2 heterocycles. The molecule has 0 spiro atoms. The van der Waals surface area contributed by atoms with Gasteiger partial charge in [-0.25, -0.2) is 12.8 Å². The van der Waals surface area contributed by atoms with E-state index in [0.29, 0.717) is 38.0 Å². The Balaban J connectivity index is 0.00000192. The largest absolute Gasteiger partial charge is 0.322 e. The number of hydrogen-bond donors (Lipinski definition) is 2.